The first-order valence-corrected chi connectivity index (χ1v) is 12.9. The second-order valence-corrected chi connectivity index (χ2v) is 9.63. The van der Waals surface area contributed by atoms with Gasteiger partial charge >= 0.3 is 16.8 Å². The molecule has 0 saturated carbocycles. The molecule has 0 aromatic heterocycles. The maximum absolute atomic E-state index is 11.7. The van der Waals surface area contributed by atoms with E-state index in [4.69, 9.17) is 0 Å². The zero-order valence-electron chi connectivity index (χ0n) is 20.7. The average Bonchev–Trinajstić information content (AvgIpc) is 2.93. The standard InChI is InChI=1S/2C14H11BrN2O3.Co/c2*15-10-5-6-12(18)9(7-10)8-16-17-14(20)11-3-1-2-4-13(11)19;/h2*1-8,18-19H,(H,17,20);/q;;+2/p-2/b2*16-8+;. The van der Waals surface area contributed by atoms with Gasteiger partial charge in [0, 0.05) is 8.95 Å². The Morgan fingerprint density at radius 2 is 1.02 bits per heavy atom. The summed E-state index contributed by atoms with van der Waals surface area (Å²) in [4.78, 5) is 23.5. The number of benzene rings is 4. The molecule has 0 aliphatic carbocycles. The number of para-hydroxylation sites is 2. The van der Waals surface area contributed by atoms with Crippen LogP contribution in [0.5, 0.6) is 23.0 Å². The van der Waals surface area contributed by atoms with E-state index in [1.807, 2.05) is 0 Å². The van der Waals surface area contributed by atoms with Crippen molar-refractivity contribution < 1.29 is 46.8 Å². The normalized spacial score (nSPS) is 10.4. The zero-order chi connectivity index (χ0) is 29.1. The summed E-state index contributed by atoms with van der Waals surface area (Å²) in [6, 6.07) is 21.5. The maximum atomic E-state index is 11.7. The van der Waals surface area contributed by atoms with Gasteiger partial charge in [-0.05, 0) is 59.7 Å². The molecule has 2 amide bonds. The van der Waals surface area contributed by atoms with Crippen molar-refractivity contribution in [1.82, 2.24) is 10.9 Å². The third-order valence-electron chi connectivity index (χ3n) is 4.98. The second kappa shape index (κ2) is 16.2. The van der Waals surface area contributed by atoms with Crippen LogP contribution in [0.15, 0.2) is 104 Å². The number of hydrogen-bond donors (Lipinski definition) is 4. The van der Waals surface area contributed by atoms with Gasteiger partial charge in [0.15, 0.2) is 0 Å². The van der Waals surface area contributed by atoms with Crippen LogP contribution in [0.3, 0.4) is 0 Å². The Morgan fingerprint density at radius 1 is 0.659 bits per heavy atom. The molecule has 4 N–H and O–H groups in total. The molecule has 0 heterocycles. The van der Waals surface area contributed by atoms with E-state index in [0.29, 0.717) is 11.1 Å². The maximum Gasteiger partial charge on any atom is 2.00 e. The van der Waals surface area contributed by atoms with Crippen molar-refractivity contribution in [3.8, 4) is 23.0 Å². The summed E-state index contributed by atoms with van der Waals surface area (Å²) < 4.78 is 1.48. The van der Waals surface area contributed by atoms with E-state index in [-0.39, 0.29) is 50.9 Å². The van der Waals surface area contributed by atoms with Gasteiger partial charge in [-0.2, -0.15) is 10.2 Å². The van der Waals surface area contributed by atoms with Gasteiger partial charge in [0.1, 0.15) is 11.5 Å². The van der Waals surface area contributed by atoms with Crippen LogP contribution in [0.25, 0.3) is 0 Å². The number of nitrogens with zero attached hydrogens (tertiary/aromatic N) is 2. The fourth-order valence-electron chi connectivity index (χ4n) is 3.01. The Labute approximate surface area is 261 Å². The molecule has 211 valence electrons. The minimum Gasteiger partial charge on any atom is -0.872 e. The van der Waals surface area contributed by atoms with E-state index in [9.17, 15) is 30.0 Å². The van der Waals surface area contributed by atoms with E-state index < -0.39 is 11.8 Å². The largest absolute Gasteiger partial charge is 2.00 e. The SMILES string of the molecule is O=C(N/N=C/c1cc(Br)ccc1[O-])c1ccccc1O.O=C(N/N=C/c1cc(Br)ccc1[O-])c1ccccc1O.[Co+2]. The molecule has 0 aliphatic rings. The van der Waals surface area contributed by atoms with Gasteiger partial charge in [-0.15, -0.1) is 0 Å². The number of nitrogens with one attached hydrogen (secondary N) is 2. The molecule has 41 heavy (non-hydrogen) atoms. The Morgan fingerprint density at radius 3 is 1.39 bits per heavy atom. The monoisotopic (exact) mass is 725 g/mol. The minimum atomic E-state index is -0.554. The Balaban J connectivity index is 0.000000280. The van der Waals surface area contributed by atoms with Gasteiger partial charge in [-0.25, -0.2) is 10.9 Å². The van der Waals surface area contributed by atoms with Gasteiger partial charge in [0.05, 0.1) is 23.6 Å². The van der Waals surface area contributed by atoms with Gasteiger partial charge in [0.25, 0.3) is 11.8 Å². The van der Waals surface area contributed by atoms with Gasteiger partial charge < -0.3 is 20.4 Å². The first-order valence-electron chi connectivity index (χ1n) is 11.3. The average molecular weight is 727 g/mol. The molecule has 1 radical (unpaired) electrons. The molecule has 0 saturated heterocycles. The molecule has 13 heteroatoms. The van der Waals surface area contributed by atoms with Crippen molar-refractivity contribution in [2.24, 2.45) is 10.2 Å². The molecule has 0 atom stereocenters. The number of hydrogen-bond acceptors (Lipinski definition) is 8. The quantitative estimate of drug-likeness (QED) is 0.173. The first kappa shape index (κ1) is 33.0. The van der Waals surface area contributed by atoms with E-state index in [0.717, 1.165) is 8.95 Å². The molecule has 0 spiro atoms. The van der Waals surface area contributed by atoms with Crippen molar-refractivity contribution in [3.63, 3.8) is 0 Å². The summed E-state index contributed by atoms with van der Waals surface area (Å²) in [5.74, 6) is -1.77. The summed E-state index contributed by atoms with van der Waals surface area (Å²) in [5, 5.41) is 49.4. The summed E-state index contributed by atoms with van der Waals surface area (Å²) >= 11 is 6.48. The van der Waals surface area contributed by atoms with Crippen LogP contribution in [-0.4, -0.2) is 34.5 Å². The van der Waals surface area contributed by atoms with Crippen molar-refractivity contribution >= 4 is 56.1 Å². The molecular weight excluding hydrogens is 707 g/mol. The predicted octanol–water partition coefficient (Wildman–Crippen LogP) is 3.98. The van der Waals surface area contributed by atoms with E-state index >= 15 is 0 Å². The van der Waals surface area contributed by atoms with Gasteiger partial charge in [-0.3, -0.25) is 9.59 Å². The van der Waals surface area contributed by atoms with Crippen molar-refractivity contribution in [1.29, 1.82) is 0 Å². The molecule has 4 aromatic carbocycles. The van der Waals surface area contributed by atoms with E-state index in [1.54, 1.807) is 48.5 Å². The van der Waals surface area contributed by atoms with Crippen LogP contribution in [0.2, 0.25) is 0 Å². The fraction of sp³-hybridized carbons (Fsp3) is 0. The molecule has 0 bridgehead atoms. The molecule has 4 rings (SSSR count). The van der Waals surface area contributed by atoms with Gasteiger partial charge in [0.2, 0.25) is 0 Å². The topological polar surface area (TPSA) is 169 Å². The van der Waals surface area contributed by atoms with Gasteiger partial charge in [-0.1, -0.05) is 79.8 Å². The smallest absolute Gasteiger partial charge is 0.872 e. The van der Waals surface area contributed by atoms with Crippen molar-refractivity contribution in [2.75, 3.05) is 0 Å². The summed E-state index contributed by atoms with van der Waals surface area (Å²) in [5.41, 5.74) is 5.42. The molecule has 0 aliphatic heterocycles. The fourth-order valence-corrected chi connectivity index (χ4v) is 3.77. The minimum absolute atomic E-state index is 0. The zero-order valence-corrected chi connectivity index (χ0v) is 25.0. The Hall–Kier alpha value is -4.17. The molecular formula is C28H20Br2CoN4O6. The van der Waals surface area contributed by atoms with Crippen LogP contribution >= 0.6 is 31.9 Å². The van der Waals surface area contributed by atoms with Crippen LogP contribution in [0.4, 0.5) is 0 Å². The van der Waals surface area contributed by atoms with E-state index in [2.05, 4.69) is 52.9 Å². The Bertz CT molecular complexity index is 1470. The van der Waals surface area contributed by atoms with Crippen LogP contribution < -0.4 is 21.1 Å². The Kier molecular flexibility index (Phi) is 13.0. The summed E-state index contributed by atoms with van der Waals surface area (Å²) in [6.45, 7) is 0. The number of amides is 2. The molecule has 10 nitrogen and oxygen atoms in total. The van der Waals surface area contributed by atoms with Crippen molar-refractivity contribution in [2.45, 2.75) is 0 Å². The second-order valence-electron chi connectivity index (χ2n) is 7.80. The number of phenols is 2. The number of halogens is 2. The third kappa shape index (κ3) is 10.1. The number of rotatable bonds is 6. The summed E-state index contributed by atoms with van der Waals surface area (Å²) in [7, 11) is 0. The molecule has 4 aromatic rings. The number of carbonyl (C=O) groups is 2. The first-order chi connectivity index (χ1) is 19.2. The molecule has 0 fully saturated rings. The number of carbonyl (C=O) groups excluding carboxylic acids is 2. The predicted molar refractivity (Wildman–Crippen MR) is 154 cm³/mol. The van der Waals surface area contributed by atoms with Crippen LogP contribution in [-0.2, 0) is 16.8 Å². The number of phenolic OH excluding ortho intramolecular Hbond substituents is 2. The van der Waals surface area contributed by atoms with Crippen LogP contribution in [0, 0.1) is 0 Å². The van der Waals surface area contributed by atoms with Crippen LogP contribution in [0.1, 0.15) is 31.8 Å². The van der Waals surface area contributed by atoms with Crippen molar-refractivity contribution in [3.05, 3.63) is 116 Å². The third-order valence-corrected chi connectivity index (χ3v) is 5.97. The van der Waals surface area contributed by atoms with E-state index in [1.165, 1.54) is 48.8 Å². The summed E-state index contributed by atoms with van der Waals surface area (Å²) in [6.07, 6.45) is 2.51. The molecule has 0 unspecified atom stereocenters. The number of hydrazone groups is 2. The number of aromatic hydroxyl groups is 2.